The molecule has 0 bridgehead atoms. The number of methoxy groups -OCH3 is 1. The molecule has 8 rings (SSSR count). The molecule has 3 atom stereocenters. The lowest BCUT2D eigenvalue weighted by molar-refractivity contribution is -0.249. The molecular weight excluding hydrogens is 575 g/mol. The summed E-state index contributed by atoms with van der Waals surface area (Å²) in [7, 11) is 1.34. The first-order valence-electron chi connectivity index (χ1n) is 15.0. The number of nitrogens with zero attached hydrogens (tertiary/aromatic N) is 3. The van der Waals surface area contributed by atoms with Crippen molar-refractivity contribution in [1.29, 1.82) is 0 Å². The molecule has 228 valence electrons. The Morgan fingerprint density at radius 1 is 0.977 bits per heavy atom. The first kappa shape index (κ1) is 27.6. The predicted molar refractivity (Wildman–Crippen MR) is 149 cm³/mol. The summed E-state index contributed by atoms with van der Waals surface area (Å²) < 4.78 is 65.2. The first-order valence-corrected chi connectivity index (χ1v) is 15.0. The lowest BCUT2D eigenvalue weighted by Crippen LogP contribution is -2.68. The zero-order valence-corrected chi connectivity index (χ0v) is 24.1. The predicted octanol–water partition coefficient (Wildman–Crippen LogP) is 7.64. The molecule has 4 fully saturated rings. The van der Waals surface area contributed by atoms with E-state index < -0.39 is 23.3 Å². The van der Waals surface area contributed by atoms with Gasteiger partial charge >= 0.3 is 12.1 Å². The van der Waals surface area contributed by atoms with Crippen LogP contribution >= 0.6 is 0 Å². The molecule has 2 aromatic carbocycles. The van der Waals surface area contributed by atoms with Crippen LogP contribution < -0.4 is 0 Å². The van der Waals surface area contributed by atoms with Gasteiger partial charge in [0.2, 0.25) is 11.7 Å². The van der Waals surface area contributed by atoms with Gasteiger partial charge < -0.3 is 18.5 Å². The highest BCUT2D eigenvalue weighted by atomic mass is 19.4. The Morgan fingerprint density at radius 3 is 2.45 bits per heavy atom. The highest BCUT2D eigenvalue weighted by Gasteiger charge is 2.80. The van der Waals surface area contributed by atoms with Crippen LogP contribution in [0.3, 0.4) is 0 Å². The van der Waals surface area contributed by atoms with Gasteiger partial charge in [0.25, 0.3) is 0 Å². The monoisotopic (exact) mass is 605 g/mol. The average molecular weight is 606 g/mol. The van der Waals surface area contributed by atoms with Gasteiger partial charge in [-0.05, 0) is 69.6 Å². The van der Waals surface area contributed by atoms with Gasteiger partial charge in [-0.2, -0.15) is 18.2 Å². The lowest BCUT2D eigenvalue weighted by Gasteiger charge is -2.67. The second-order valence-electron chi connectivity index (χ2n) is 12.6. The highest BCUT2D eigenvalue weighted by Crippen LogP contribution is 2.79. The molecule has 8 nitrogen and oxygen atoms in total. The standard InChI is InChI=1S/C33H30F3N3O5/c1-41-28(40)21-6-4-5-20(17-21)27-37-29(44-39-27)30-11-13-31(30)14-16-32(31,15-12-30)42-18-23-25(38-43-26(23)19-9-10-19)22-7-2-3-8-24(22)33(34,35)36/h2-8,17,19H,9-16,18H2,1H3. The summed E-state index contributed by atoms with van der Waals surface area (Å²) in [6.07, 6.45) is 2.58. The third-order valence-corrected chi connectivity index (χ3v) is 10.8. The van der Waals surface area contributed by atoms with E-state index in [1.165, 1.54) is 19.2 Å². The van der Waals surface area contributed by atoms with Crippen molar-refractivity contribution in [3.05, 3.63) is 76.9 Å². The number of rotatable bonds is 8. The number of hydrogen-bond acceptors (Lipinski definition) is 8. The van der Waals surface area contributed by atoms with E-state index in [9.17, 15) is 18.0 Å². The molecule has 4 saturated carbocycles. The summed E-state index contributed by atoms with van der Waals surface area (Å²) in [6.45, 7) is 0.129. The number of aromatic nitrogens is 3. The van der Waals surface area contributed by atoms with Crippen molar-refractivity contribution in [2.75, 3.05) is 7.11 Å². The fraction of sp³-hybridized carbons (Fsp3) is 0.455. The molecule has 2 aromatic heterocycles. The Hall–Kier alpha value is -3.99. The van der Waals surface area contributed by atoms with E-state index in [4.69, 9.17) is 23.5 Å². The van der Waals surface area contributed by atoms with E-state index in [1.807, 2.05) is 6.07 Å². The molecule has 44 heavy (non-hydrogen) atoms. The van der Waals surface area contributed by atoms with Crippen molar-refractivity contribution in [2.24, 2.45) is 5.41 Å². The minimum atomic E-state index is -4.52. The number of halogens is 3. The van der Waals surface area contributed by atoms with Gasteiger partial charge in [-0.3, -0.25) is 0 Å². The molecular formula is C33H30F3N3O5. The number of ether oxygens (including phenoxy) is 2. The molecule has 3 unspecified atom stereocenters. The summed E-state index contributed by atoms with van der Waals surface area (Å²) in [4.78, 5) is 16.9. The van der Waals surface area contributed by atoms with Crippen LogP contribution in [0.25, 0.3) is 22.6 Å². The summed E-state index contributed by atoms with van der Waals surface area (Å²) in [5, 5.41) is 8.45. The Morgan fingerprint density at radius 2 is 1.75 bits per heavy atom. The third kappa shape index (κ3) is 3.80. The van der Waals surface area contributed by atoms with Crippen LogP contribution in [-0.2, 0) is 27.7 Å². The topological polar surface area (TPSA) is 100 Å². The molecule has 0 N–H and O–H groups in total. The summed E-state index contributed by atoms with van der Waals surface area (Å²) in [5.41, 5.74) is 0.207. The molecule has 0 aliphatic heterocycles. The lowest BCUT2D eigenvalue weighted by atomic mass is 9.39. The van der Waals surface area contributed by atoms with Crippen LogP contribution in [0, 0.1) is 5.41 Å². The normalized spacial score (nSPS) is 27.3. The number of hydrogen-bond donors (Lipinski definition) is 0. The maximum absolute atomic E-state index is 14.0. The summed E-state index contributed by atoms with van der Waals surface area (Å²) >= 11 is 0. The number of esters is 1. The van der Waals surface area contributed by atoms with Crippen molar-refractivity contribution in [2.45, 2.75) is 81.1 Å². The summed E-state index contributed by atoms with van der Waals surface area (Å²) in [5.74, 6) is 1.33. The van der Waals surface area contributed by atoms with E-state index in [0.29, 0.717) is 34.2 Å². The average Bonchev–Trinajstić information content (AvgIpc) is 3.53. The van der Waals surface area contributed by atoms with Crippen LogP contribution in [0.4, 0.5) is 13.2 Å². The largest absolute Gasteiger partial charge is 0.465 e. The van der Waals surface area contributed by atoms with Crippen LogP contribution in [0.1, 0.15) is 90.4 Å². The van der Waals surface area contributed by atoms with Gasteiger partial charge in [-0.1, -0.05) is 40.6 Å². The zero-order valence-electron chi connectivity index (χ0n) is 24.1. The van der Waals surface area contributed by atoms with Gasteiger partial charge in [-0.15, -0.1) is 0 Å². The van der Waals surface area contributed by atoms with Crippen LogP contribution in [0.5, 0.6) is 0 Å². The molecule has 2 heterocycles. The SMILES string of the molecule is COC(=O)c1cccc(-c2noc(C34CCC5(OCc6c(-c7ccccc7C(F)(F)F)noc6C6CC6)CCC53CC4)n2)c1. The Labute approximate surface area is 250 Å². The second kappa shape index (κ2) is 9.50. The Balaban J connectivity index is 1.09. The maximum Gasteiger partial charge on any atom is 0.417 e. The number of carbonyl (C=O) groups is 1. The van der Waals surface area contributed by atoms with Crippen LogP contribution in [0.15, 0.2) is 57.6 Å². The zero-order chi connectivity index (χ0) is 30.3. The van der Waals surface area contributed by atoms with Crippen molar-refractivity contribution in [3.63, 3.8) is 0 Å². The fourth-order valence-electron chi connectivity index (χ4n) is 8.23. The van der Waals surface area contributed by atoms with Gasteiger partial charge in [0, 0.05) is 28.0 Å². The van der Waals surface area contributed by atoms with Gasteiger partial charge in [0.1, 0.15) is 11.5 Å². The molecule has 0 saturated heterocycles. The summed E-state index contributed by atoms with van der Waals surface area (Å²) in [6, 6.07) is 12.4. The van der Waals surface area contributed by atoms with E-state index >= 15 is 0 Å². The molecule has 0 radical (unpaired) electrons. The minimum Gasteiger partial charge on any atom is -0.465 e. The first-order chi connectivity index (χ1) is 21.2. The molecule has 4 aromatic rings. The number of carbonyl (C=O) groups excluding carboxylic acids is 1. The van der Waals surface area contributed by atoms with E-state index in [1.54, 1.807) is 24.3 Å². The second-order valence-corrected chi connectivity index (χ2v) is 12.6. The number of benzene rings is 2. The van der Waals surface area contributed by atoms with Crippen molar-refractivity contribution in [1.82, 2.24) is 15.3 Å². The highest BCUT2D eigenvalue weighted by molar-refractivity contribution is 5.90. The molecule has 11 heteroatoms. The molecule has 4 aliphatic carbocycles. The van der Waals surface area contributed by atoms with Gasteiger partial charge in [-0.25, -0.2) is 4.79 Å². The van der Waals surface area contributed by atoms with E-state index in [-0.39, 0.29) is 34.6 Å². The van der Waals surface area contributed by atoms with Crippen LogP contribution in [-0.4, -0.2) is 34.0 Å². The quantitative estimate of drug-likeness (QED) is 0.189. The van der Waals surface area contributed by atoms with Gasteiger partial charge in [0.05, 0.1) is 35.9 Å². The van der Waals surface area contributed by atoms with E-state index in [2.05, 4.69) is 10.3 Å². The van der Waals surface area contributed by atoms with Crippen molar-refractivity contribution < 1.29 is 36.5 Å². The molecule has 1 spiro atoms. The van der Waals surface area contributed by atoms with E-state index in [0.717, 1.165) is 57.4 Å². The third-order valence-electron chi connectivity index (χ3n) is 10.8. The van der Waals surface area contributed by atoms with Crippen molar-refractivity contribution >= 4 is 5.97 Å². The van der Waals surface area contributed by atoms with Crippen LogP contribution in [0.2, 0.25) is 0 Å². The minimum absolute atomic E-state index is 0.00847. The Bertz CT molecular complexity index is 1770. The molecule has 4 aliphatic rings. The number of alkyl halides is 3. The maximum atomic E-state index is 14.0. The van der Waals surface area contributed by atoms with Gasteiger partial charge in [0.15, 0.2) is 0 Å². The Kier molecular flexibility index (Phi) is 5.95. The van der Waals surface area contributed by atoms with Crippen molar-refractivity contribution in [3.8, 4) is 22.6 Å². The molecule has 0 amide bonds. The smallest absolute Gasteiger partial charge is 0.417 e. The fourth-order valence-corrected chi connectivity index (χ4v) is 8.23.